The van der Waals surface area contributed by atoms with Crippen LogP contribution in [0.5, 0.6) is 0 Å². The Balaban J connectivity index is 2.12. The maximum atomic E-state index is 13.0. The molecule has 0 aromatic heterocycles. The van der Waals surface area contributed by atoms with E-state index >= 15 is 0 Å². The number of hydrogen-bond acceptors (Lipinski definition) is 3. The second-order valence-corrected chi connectivity index (χ2v) is 6.75. The molecule has 3 nitrogen and oxygen atoms in total. The summed E-state index contributed by atoms with van der Waals surface area (Å²) >= 11 is 6.85. The van der Waals surface area contributed by atoms with Crippen molar-refractivity contribution in [3.05, 3.63) is 63.8 Å². The van der Waals surface area contributed by atoms with Gasteiger partial charge in [0.2, 0.25) is 0 Å². The van der Waals surface area contributed by atoms with Crippen molar-refractivity contribution >= 4 is 38.8 Å². The lowest BCUT2D eigenvalue weighted by atomic mass is 10.1. The summed E-state index contributed by atoms with van der Waals surface area (Å²) in [5, 5.41) is 3.85. The summed E-state index contributed by atoms with van der Waals surface area (Å²) in [6, 6.07) is 15.4. The summed E-state index contributed by atoms with van der Waals surface area (Å²) < 4.78 is 0. The minimum absolute atomic E-state index is 0.0449. The number of fused-ring (bicyclic) bond motifs is 2. The van der Waals surface area contributed by atoms with Gasteiger partial charge in [0.05, 0.1) is 10.7 Å². The molecule has 1 saturated heterocycles. The van der Waals surface area contributed by atoms with Crippen molar-refractivity contribution in [3.63, 3.8) is 0 Å². The number of piperazine rings is 1. The smallest absolute Gasteiger partial charge is 0.194 e. The molecule has 0 spiro atoms. The molecule has 0 aliphatic carbocycles. The Kier molecular flexibility index (Phi) is 3.91. The molecule has 3 aromatic carbocycles. The summed E-state index contributed by atoms with van der Waals surface area (Å²) in [5.41, 5.74) is 1.03. The van der Waals surface area contributed by atoms with Crippen molar-refractivity contribution in [1.29, 1.82) is 0 Å². The minimum atomic E-state index is 0.0449. The van der Waals surface area contributed by atoms with Crippen LogP contribution in [0.4, 0.5) is 5.69 Å². The molecule has 4 heteroatoms. The Labute approximate surface area is 146 Å². The third-order valence-corrected chi connectivity index (χ3v) is 5.24. The van der Waals surface area contributed by atoms with Gasteiger partial charge in [0, 0.05) is 47.7 Å². The molecule has 0 unspecified atom stereocenters. The van der Waals surface area contributed by atoms with Crippen LogP contribution in [0.2, 0.25) is 5.02 Å². The molecule has 24 heavy (non-hydrogen) atoms. The van der Waals surface area contributed by atoms with E-state index < -0.39 is 0 Å². The molecule has 122 valence electrons. The predicted octanol–water partition coefficient (Wildman–Crippen LogP) is 3.76. The van der Waals surface area contributed by atoms with Crippen molar-refractivity contribution in [2.24, 2.45) is 0 Å². The lowest BCUT2D eigenvalue weighted by Crippen LogP contribution is -2.44. The van der Waals surface area contributed by atoms with E-state index in [1.165, 1.54) is 0 Å². The van der Waals surface area contributed by atoms with Gasteiger partial charge in [0.15, 0.2) is 5.43 Å². The summed E-state index contributed by atoms with van der Waals surface area (Å²) in [5.74, 6) is 0. The normalized spacial score (nSPS) is 16.0. The van der Waals surface area contributed by atoms with Gasteiger partial charge in [-0.3, -0.25) is 4.79 Å². The molecular weight excluding hydrogens is 320 g/mol. The van der Waals surface area contributed by atoms with Gasteiger partial charge in [0.25, 0.3) is 0 Å². The number of benzene rings is 2. The molecular formula is C20H19ClN2O. The molecule has 3 aromatic rings. The first-order valence-electron chi connectivity index (χ1n) is 8.23. The van der Waals surface area contributed by atoms with E-state index in [0.29, 0.717) is 10.4 Å². The standard InChI is InChI=1S/C20H19ClN2O/c1-22-10-12-23(13-11-22)19-15-7-3-5-9-17(15)20(24)16-8-4-2-6-14(16)18(19)21/h2-9H,10-13H2,1H3. The van der Waals surface area contributed by atoms with Gasteiger partial charge in [-0.1, -0.05) is 60.1 Å². The van der Waals surface area contributed by atoms with Crippen LogP contribution in [0.25, 0.3) is 21.5 Å². The van der Waals surface area contributed by atoms with Crippen molar-refractivity contribution in [3.8, 4) is 0 Å². The van der Waals surface area contributed by atoms with Crippen LogP contribution in [-0.4, -0.2) is 38.1 Å². The molecule has 0 amide bonds. The second-order valence-electron chi connectivity index (χ2n) is 6.37. The van der Waals surface area contributed by atoms with Crippen LogP contribution in [0.3, 0.4) is 0 Å². The number of nitrogens with zero attached hydrogens (tertiary/aromatic N) is 2. The van der Waals surface area contributed by atoms with Crippen LogP contribution < -0.4 is 10.3 Å². The van der Waals surface area contributed by atoms with Crippen molar-refractivity contribution in [2.75, 3.05) is 38.1 Å². The number of likely N-dealkylation sites (N-methyl/N-ethyl adjacent to an activating group) is 1. The zero-order chi connectivity index (χ0) is 16.7. The highest BCUT2D eigenvalue weighted by Crippen LogP contribution is 2.36. The van der Waals surface area contributed by atoms with Crippen molar-refractivity contribution in [2.45, 2.75) is 0 Å². The molecule has 0 atom stereocenters. The fourth-order valence-corrected chi connectivity index (χ4v) is 3.88. The van der Waals surface area contributed by atoms with E-state index in [1.54, 1.807) is 0 Å². The molecule has 1 heterocycles. The van der Waals surface area contributed by atoms with E-state index in [0.717, 1.165) is 48.0 Å². The number of hydrogen-bond donors (Lipinski definition) is 0. The number of halogens is 1. The molecule has 0 radical (unpaired) electrons. The summed E-state index contributed by atoms with van der Waals surface area (Å²) in [6.07, 6.45) is 0. The van der Waals surface area contributed by atoms with Gasteiger partial charge < -0.3 is 9.80 Å². The number of rotatable bonds is 1. The Morgan fingerprint density at radius 1 is 0.792 bits per heavy atom. The van der Waals surface area contributed by atoms with Crippen LogP contribution in [0.1, 0.15) is 0 Å². The van der Waals surface area contributed by atoms with E-state index in [1.807, 2.05) is 48.5 Å². The van der Waals surface area contributed by atoms with Crippen molar-refractivity contribution < 1.29 is 0 Å². The number of anilines is 1. The Morgan fingerprint density at radius 3 is 1.92 bits per heavy atom. The van der Waals surface area contributed by atoms with E-state index in [4.69, 9.17) is 11.6 Å². The lowest BCUT2D eigenvalue weighted by molar-refractivity contribution is 0.313. The lowest BCUT2D eigenvalue weighted by Gasteiger charge is -2.34. The molecule has 4 rings (SSSR count). The van der Waals surface area contributed by atoms with E-state index in [-0.39, 0.29) is 5.43 Å². The molecule has 0 saturated carbocycles. The molecule has 0 N–H and O–H groups in total. The minimum Gasteiger partial charge on any atom is -0.367 e. The monoisotopic (exact) mass is 338 g/mol. The highest BCUT2D eigenvalue weighted by atomic mass is 35.5. The van der Waals surface area contributed by atoms with Gasteiger partial charge in [-0.15, -0.1) is 0 Å². The summed E-state index contributed by atoms with van der Waals surface area (Å²) in [7, 11) is 2.13. The van der Waals surface area contributed by atoms with Crippen molar-refractivity contribution in [1.82, 2.24) is 4.90 Å². The third kappa shape index (κ3) is 2.45. The Bertz CT molecular complexity index is 978. The van der Waals surface area contributed by atoms with Gasteiger partial charge in [-0.2, -0.15) is 0 Å². The average molecular weight is 339 g/mol. The summed E-state index contributed by atoms with van der Waals surface area (Å²) in [6.45, 7) is 3.80. The Hall–Kier alpha value is -2.10. The fourth-order valence-electron chi connectivity index (χ4n) is 3.49. The predicted molar refractivity (Wildman–Crippen MR) is 102 cm³/mol. The van der Waals surface area contributed by atoms with Gasteiger partial charge in [-0.25, -0.2) is 0 Å². The van der Waals surface area contributed by atoms with Crippen LogP contribution in [0.15, 0.2) is 53.3 Å². The zero-order valence-corrected chi connectivity index (χ0v) is 14.4. The SMILES string of the molecule is CN1CCN(c2c(Cl)c3ccccc3c(=O)c3ccccc23)CC1. The van der Waals surface area contributed by atoms with Gasteiger partial charge >= 0.3 is 0 Å². The topological polar surface area (TPSA) is 23.6 Å². The first-order chi connectivity index (χ1) is 11.7. The first-order valence-corrected chi connectivity index (χ1v) is 8.61. The highest BCUT2D eigenvalue weighted by Gasteiger charge is 2.21. The molecule has 0 bridgehead atoms. The maximum Gasteiger partial charge on any atom is 0.194 e. The summed E-state index contributed by atoms with van der Waals surface area (Å²) in [4.78, 5) is 17.7. The van der Waals surface area contributed by atoms with E-state index in [2.05, 4.69) is 16.8 Å². The van der Waals surface area contributed by atoms with Crippen LogP contribution in [-0.2, 0) is 0 Å². The molecule has 1 aliphatic rings. The second kappa shape index (κ2) is 6.08. The van der Waals surface area contributed by atoms with E-state index in [9.17, 15) is 4.79 Å². The van der Waals surface area contributed by atoms with Crippen LogP contribution >= 0.6 is 11.6 Å². The zero-order valence-electron chi connectivity index (χ0n) is 13.6. The highest BCUT2D eigenvalue weighted by molar-refractivity contribution is 6.39. The quantitative estimate of drug-likeness (QED) is 0.675. The van der Waals surface area contributed by atoms with Crippen LogP contribution in [0, 0.1) is 0 Å². The molecule has 1 aliphatic heterocycles. The largest absolute Gasteiger partial charge is 0.367 e. The fraction of sp³-hybridized carbons (Fsp3) is 0.250. The maximum absolute atomic E-state index is 13.0. The van der Waals surface area contributed by atoms with Gasteiger partial charge in [-0.05, 0) is 7.05 Å². The average Bonchev–Trinajstić information content (AvgIpc) is 2.71. The Morgan fingerprint density at radius 2 is 1.29 bits per heavy atom. The molecule has 1 fully saturated rings. The van der Waals surface area contributed by atoms with Gasteiger partial charge in [0.1, 0.15) is 0 Å². The third-order valence-electron chi connectivity index (χ3n) is 4.86. The first kappa shape index (κ1) is 15.4.